The summed E-state index contributed by atoms with van der Waals surface area (Å²) >= 11 is 0. The van der Waals surface area contributed by atoms with Gasteiger partial charge in [-0.15, -0.1) is 0 Å². The number of hydrogen-bond acceptors (Lipinski definition) is 10. The second-order valence-corrected chi connectivity index (χ2v) is 7.45. The van der Waals surface area contributed by atoms with Gasteiger partial charge >= 0.3 is 5.97 Å². The first-order valence-electron chi connectivity index (χ1n) is 10.9. The number of methoxy groups -OCH3 is 1. The highest BCUT2D eigenvalue weighted by Gasteiger charge is 2.13. The van der Waals surface area contributed by atoms with Crippen LogP contribution in [-0.2, 0) is 16.0 Å². The zero-order valence-corrected chi connectivity index (χ0v) is 19.4. The van der Waals surface area contributed by atoms with E-state index in [9.17, 15) is 9.90 Å². The molecule has 4 rings (SSSR count). The zero-order chi connectivity index (χ0) is 25.3. The molecule has 0 radical (unpaired) electrons. The highest BCUT2D eigenvalue weighted by molar-refractivity contribution is 5.76. The Balaban J connectivity index is 1.69. The van der Waals surface area contributed by atoms with Gasteiger partial charge in [-0.3, -0.25) is 4.79 Å². The Labute approximate surface area is 207 Å². The molecule has 0 atom stereocenters. The van der Waals surface area contributed by atoms with Crippen molar-refractivity contribution in [1.82, 2.24) is 15.0 Å². The van der Waals surface area contributed by atoms with Gasteiger partial charge in [0.2, 0.25) is 17.8 Å². The smallest absolute Gasteiger partial charge is 0.310 e. The molecule has 0 aliphatic heterocycles. The maximum atomic E-state index is 11.9. The lowest BCUT2D eigenvalue weighted by molar-refractivity contribution is -0.139. The molecule has 1 heterocycles. The number of rotatable bonds is 10. The molecule has 4 aromatic rings. The topological polar surface area (TPSA) is 131 Å². The summed E-state index contributed by atoms with van der Waals surface area (Å²) in [7, 11) is 1.34. The second-order valence-electron chi connectivity index (χ2n) is 7.45. The monoisotopic (exact) mass is 484 g/mol. The number of ether oxygens (including phenoxy) is 2. The lowest BCUT2D eigenvalue weighted by atomic mass is 10.1. The number of nitrogens with zero attached hydrogens (tertiary/aromatic N) is 3. The third kappa shape index (κ3) is 6.48. The number of nitrogens with one attached hydrogen (secondary N) is 3. The molecule has 0 amide bonds. The Morgan fingerprint density at radius 2 is 1.36 bits per heavy atom. The fourth-order valence-electron chi connectivity index (χ4n) is 3.25. The molecule has 10 heteroatoms. The summed E-state index contributed by atoms with van der Waals surface area (Å²) in [5.41, 5.74) is 2.65. The molecule has 3 aromatic carbocycles. The average molecular weight is 485 g/mol. The molecule has 10 nitrogen and oxygen atoms in total. The molecule has 4 N–H and O–H groups in total. The number of aromatic nitrogens is 3. The second kappa shape index (κ2) is 11.3. The Kier molecular flexibility index (Phi) is 7.57. The van der Waals surface area contributed by atoms with Crippen molar-refractivity contribution < 1.29 is 19.4 Å². The van der Waals surface area contributed by atoms with Crippen LogP contribution < -0.4 is 20.7 Å². The number of para-hydroxylation sites is 4. The van der Waals surface area contributed by atoms with Crippen molar-refractivity contribution in [2.24, 2.45) is 0 Å². The number of carbonyl (C=O) groups excluding carboxylic acids is 1. The van der Waals surface area contributed by atoms with Crippen molar-refractivity contribution in [2.45, 2.75) is 6.42 Å². The minimum Gasteiger partial charge on any atom is -0.481 e. The molecule has 0 aliphatic rings. The number of hydrogen-bond donors (Lipinski definition) is 4. The van der Waals surface area contributed by atoms with E-state index in [0.717, 1.165) is 11.3 Å². The number of esters is 1. The van der Waals surface area contributed by atoms with Gasteiger partial charge in [0.25, 0.3) is 5.95 Å². The summed E-state index contributed by atoms with van der Waals surface area (Å²) in [6, 6.07) is 23.7. The van der Waals surface area contributed by atoms with E-state index in [1.165, 1.54) is 7.11 Å². The molecule has 0 spiro atoms. The third-order valence-electron chi connectivity index (χ3n) is 4.85. The van der Waals surface area contributed by atoms with Crippen LogP contribution >= 0.6 is 0 Å². The van der Waals surface area contributed by atoms with Crippen LogP contribution in [0.4, 0.5) is 34.9 Å². The Morgan fingerprint density at radius 1 is 0.806 bits per heavy atom. The lowest BCUT2D eigenvalue weighted by Gasteiger charge is -2.14. The van der Waals surface area contributed by atoms with Crippen LogP contribution in [0.2, 0.25) is 0 Å². The molecule has 0 aliphatic carbocycles. The standard InChI is InChI=1S/C26H24N6O4/c1-17(33)36-22-15-9-8-14-21(22)29-26-31-24(27-19-11-4-3-5-12-19)30-25(32-26)28-20-13-7-6-10-18(20)16-23(34)35-2/h3-15,33H,1,16H2,2H3,(H3,27,28,29,30,31,32). The number of aliphatic hydroxyl groups is 1. The summed E-state index contributed by atoms with van der Waals surface area (Å²) in [6.45, 7) is 3.37. The largest absolute Gasteiger partial charge is 0.481 e. The summed E-state index contributed by atoms with van der Waals surface area (Å²) < 4.78 is 10.1. The normalized spacial score (nSPS) is 10.2. The van der Waals surface area contributed by atoms with Crippen LogP contribution in [0.1, 0.15) is 5.56 Å². The molecule has 0 saturated carbocycles. The quantitative estimate of drug-likeness (QED) is 0.175. The molecule has 36 heavy (non-hydrogen) atoms. The van der Waals surface area contributed by atoms with E-state index in [0.29, 0.717) is 17.1 Å². The van der Waals surface area contributed by atoms with Gasteiger partial charge in [0.1, 0.15) is 0 Å². The first-order chi connectivity index (χ1) is 17.5. The minimum atomic E-state index is -0.448. The summed E-state index contributed by atoms with van der Waals surface area (Å²) in [5, 5.41) is 18.9. The lowest BCUT2D eigenvalue weighted by Crippen LogP contribution is -2.10. The van der Waals surface area contributed by atoms with E-state index < -0.39 is 5.95 Å². The molecular formula is C26H24N6O4. The van der Waals surface area contributed by atoms with E-state index in [1.807, 2.05) is 54.6 Å². The minimum absolute atomic E-state index is 0.0841. The van der Waals surface area contributed by atoms with Crippen LogP contribution in [0.3, 0.4) is 0 Å². The van der Waals surface area contributed by atoms with E-state index in [2.05, 4.69) is 37.5 Å². The molecule has 0 fully saturated rings. The Bertz CT molecular complexity index is 1360. The van der Waals surface area contributed by atoms with Crippen molar-refractivity contribution in [3.8, 4) is 5.75 Å². The first-order valence-corrected chi connectivity index (χ1v) is 10.9. The van der Waals surface area contributed by atoms with Gasteiger partial charge in [-0.25, -0.2) is 0 Å². The third-order valence-corrected chi connectivity index (χ3v) is 4.85. The number of carbonyl (C=O) groups is 1. The van der Waals surface area contributed by atoms with Crippen LogP contribution in [0.5, 0.6) is 5.75 Å². The Hall–Kier alpha value is -5.12. The van der Waals surface area contributed by atoms with E-state index in [4.69, 9.17) is 9.47 Å². The average Bonchev–Trinajstić information content (AvgIpc) is 2.86. The van der Waals surface area contributed by atoms with Gasteiger partial charge in [0.05, 0.1) is 19.2 Å². The van der Waals surface area contributed by atoms with Crippen LogP contribution in [-0.4, -0.2) is 33.1 Å². The van der Waals surface area contributed by atoms with Crippen LogP contribution in [0, 0.1) is 0 Å². The molecule has 1 aromatic heterocycles. The molecule has 0 unspecified atom stereocenters. The van der Waals surface area contributed by atoms with Crippen molar-refractivity contribution in [3.63, 3.8) is 0 Å². The molecule has 0 bridgehead atoms. The predicted octanol–water partition coefficient (Wildman–Crippen LogP) is 5.23. The number of anilines is 6. The number of aliphatic hydroxyl groups excluding tert-OH is 1. The fourth-order valence-corrected chi connectivity index (χ4v) is 3.25. The predicted molar refractivity (Wildman–Crippen MR) is 137 cm³/mol. The van der Waals surface area contributed by atoms with Gasteiger partial charge < -0.3 is 30.5 Å². The summed E-state index contributed by atoms with van der Waals surface area (Å²) in [5.74, 6) is 0.230. The van der Waals surface area contributed by atoms with E-state index in [-0.39, 0.29) is 30.2 Å². The van der Waals surface area contributed by atoms with Gasteiger partial charge in [-0.2, -0.15) is 15.0 Å². The molecule has 182 valence electrons. The highest BCUT2D eigenvalue weighted by Crippen LogP contribution is 2.29. The maximum absolute atomic E-state index is 11.9. The van der Waals surface area contributed by atoms with Gasteiger partial charge in [-0.1, -0.05) is 48.5 Å². The fraction of sp³-hybridized carbons (Fsp3) is 0.0769. The zero-order valence-electron chi connectivity index (χ0n) is 19.4. The summed E-state index contributed by atoms with van der Waals surface area (Å²) in [6.07, 6.45) is 0.0841. The molecular weight excluding hydrogens is 460 g/mol. The van der Waals surface area contributed by atoms with Crippen molar-refractivity contribution in [1.29, 1.82) is 0 Å². The number of benzene rings is 3. The van der Waals surface area contributed by atoms with E-state index in [1.54, 1.807) is 24.3 Å². The van der Waals surface area contributed by atoms with Gasteiger partial charge in [0.15, 0.2) is 5.75 Å². The molecule has 0 saturated heterocycles. The first kappa shape index (κ1) is 24.0. The van der Waals surface area contributed by atoms with E-state index >= 15 is 0 Å². The summed E-state index contributed by atoms with van der Waals surface area (Å²) in [4.78, 5) is 25.3. The SMILES string of the molecule is C=C(O)Oc1ccccc1Nc1nc(Nc2ccccc2)nc(Nc2ccccc2CC(=O)OC)n1. The van der Waals surface area contributed by atoms with Gasteiger partial charge in [0, 0.05) is 11.4 Å². The highest BCUT2D eigenvalue weighted by atomic mass is 16.6. The Morgan fingerprint density at radius 3 is 2.03 bits per heavy atom. The van der Waals surface area contributed by atoms with Crippen molar-refractivity contribution >= 4 is 40.9 Å². The van der Waals surface area contributed by atoms with Crippen LogP contribution in [0.25, 0.3) is 0 Å². The van der Waals surface area contributed by atoms with Crippen molar-refractivity contribution in [3.05, 3.63) is 97.0 Å². The van der Waals surface area contributed by atoms with Crippen LogP contribution in [0.15, 0.2) is 91.4 Å². The maximum Gasteiger partial charge on any atom is 0.310 e. The van der Waals surface area contributed by atoms with Gasteiger partial charge in [-0.05, 0) is 42.5 Å². The van der Waals surface area contributed by atoms with Crippen molar-refractivity contribution in [2.75, 3.05) is 23.1 Å².